The topological polar surface area (TPSA) is 64.0 Å². The number of β-amino-alcohol motifs (C(OH)–C–C–N with tert-alkyl or cyclic N) is 2. The van der Waals surface area contributed by atoms with Crippen LogP contribution in [0.2, 0.25) is 0 Å². The summed E-state index contributed by atoms with van der Waals surface area (Å²) in [7, 11) is 0. The predicted octanol–water partition coefficient (Wildman–Crippen LogP) is 0.216. The summed E-state index contributed by atoms with van der Waals surface area (Å²) in [6.07, 6.45) is -1.60. The average molecular weight is 282 g/mol. The van der Waals surface area contributed by atoms with Crippen molar-refractivity contribution in [1.82, 2.24) is 4.90 Å². The normalized spacial score (nSPS) is 23.0. The highest BCUT2D eigenvalue weighted by Gasteiger charge is 2.31. The highest BCUT2D eigenvalue weighted by Crippen LogP contribution is 2.16. The molecule has 20 heavy (non-hydrogen) atoms. The Morgan fingerprint density at radius 1 is 1.30 bits per heavy atom. The molecule has 1 heterocycles. The largest absolute Gasteiger partial charge is 0.389 e. The van der Waals surface area contributed by atoms with Crippen molar-refractivity contribution in [3.63, 3.8) is 0 Å². The van der Waals surface area contributed by atoms with E-state index in [9.17, 15) is 19.4 Å². The maximum Gasteiger partial charge on any atom is 0.241 e. The first-order valence-corrected chi connectivity index (χ1v) is 6.65. The van der Waals surface area contributed by atoms with Crippen molar-refractivity contribution in [3.05, 3.63) is 30.1 Å². The number of halogens is 1. The van der Waals surface area contributed by atoms with Crippen LogP contribution in [-0.4, -0.2) is 59.4 Å². The molecule has 0 aromatic heterocycles. The fourth-order valence-electron chi connectivity index (χ4n) is 2.38. The van der Waals surface area contributed by atoms with Gasteiger partial charge in [0.15, 0.2) is 0 Å². The zero-order valence-corrected chi connectivity index (χ0v) is 11.4. The van der Waals surface area contributed by atoms with Gasteiger partial charge in [-0.3, -0.25) is 9.69 Å². The molecule has 1 saturated heterocycles. The minimum Gasteiger partial charge on any atom is -0.389 e. The Labute approximate surface area is 117 Å². The van der Waals surface area contributed by atoms with Gasteiger partial charge in [-0.1, -0.05) is 0 Å². The van der Waals surface area contributed by atoms with E-state index in [0.29, 0.717) is 12.2 Å². The smallest absolute Gasteiger partial charge is 0.241 e. The van der Waals surface area contributed by atoms with E-state index < -0.39 is 12.2 Å². The molecule has 1 fully saturated rings. The maximum absolute atomic E-state index is 12.9. The summed E-state index contributed by atoms with van der Waals surface area (Å²) < 4.78 is 12.9. The second kappa shape index (κ2) is 6.30. The molecule has 6 heteroatoms. The summed E-state index contributed by atoms with van der Waals surface area (Å²) in [4.78, 5) is 15.5. The number of likely N-dealkylation sites (tertiary alicyclic amines) is 1. The Morgan fingerprint density at radius 2 is 1.85 bits per heavy atom. The molecule has 0 saturated carbocycles. The Bertz CT molecular complexity index is 456. The molecule has 2 atom stereocenters. The van der Waals surface area contributed by atoms with Gasteiger partial charge in [0.2, 0.25) is 5.91 Å². The molecule has 2 N–H and O–H groups in total. The van der Waals surface area contributed by atoms with E-state index in [1.54, 1.807) is 21.9 Å². The molecule has 0 aliphatic carbocycles. The lowest BCUT2D eigenvalue weighted by Gasteiger charge is -2.24. The fourth-order valence-corrected chi connectivity index (χ4v) is 2.38. The van der Waals surface area contributed by atoms with E-state index >= 15 is 0 Å². The Balaban J connectivity index is 2.01. The number of benzene rings is 1. The molecule has 1 aliphatic heterocycles. The van der Waals surface area contributed by atoms with Gasteiger partial charge in [0.1, 0.15) is 5.82 Å². The molecule has 2 rings (SSSR count). The number of hydrogen-bond donors (Lipinski definition) is 2. The standard InChI is InChI=1S/C14H19FN2O3/c1-2-17(11-5-3-10(15)4-6-11)14(20)9-16-7-12(18)13(19)8-16/h3-6,12-13,18-19H,2,7-9H2,1H3. The number of hydrogen-bond acceptors (Lipinski definition) is 4. The summed E-state index contributed by atoms with van der Waals surface area (Å²) >= 11 is 0. The first-order valence-electron chi connectivity index (χ1n) is 6.65. The zero-order valence-electron chi connectivity index (χ0n) is 11.4. The van der Waals surface area contributed by atoms with Crippen LogP contribution in [0.1, 0.15) is 6.92 Å². The van der Waals surface area contributed by atoms with Gasteiger partial charge in [0.25, 0.3) is 0 Å². The maximum atomic E-state index is 12.9. The average Bonchev–Trinajstić information content (AvgIpc) is 2.71. The van der Waals surface area contributed by atoms with E-state index in [0.717, 1.165) is 0 Å². The van der Waals surface area contributed by atoms with Gasteiger partial charge in [-0.2, -0.15) is 0 Å². The quantitative estimate of drug-likeness (QED) is 0.829. The highest BCUT2D eigenvalue weighted by molar-refractivity contribution is 5.94. The van der Waals surface area contributed by atoms with Crippen molar-refractivity contribution in [1.29, 1.82) is 0 Å². The predicted molar refractivity (Wildman–Crippen MR) is 72.9 cm³/mol. The molecule has 1 aromatic rings. The third-order valence-electron chi connectivity index (χ3n) is 3.45. The van der Waals surface area contributed by atoms with E-state index in [2.05, 4.69) is 0 Å². The highest BCUT2D eigenvalue weighted by atomic mass is 19.1. The number of amides is 1. The summed E-state index contributed by atoms with van der Waals surface area (Å²) in [5.74, 6) is -0.483. The first kappa shape index (κ1) is 14.9. The second-order valence-corrected chi connectivity index (χ2v) is 4.94. The third kappa shape index (κ3) is 3.33. The molecule has 110 valence electrons. The lowest BCUT2D eigenvalue weighted by atomic mass is 10.2. The van der Waals surface area contributed by atoms with E-state index in [-0.39, 0.29) is 31.4 Å². The van der Waals surface area contributed by atoms with Gasteiger partial charge in [-0.05, 0) is 31.2 Å². The van der Waals surface area contributed by atoms with Crippen LogP contribution in [0.4, 0.5) is 10.1 Å². The van der Waals surface area contributed by atoms with Gasteiger partial charge >= 0.3 is 0 Å². The number of nitrogens with zero attached hydrogens (tertiary/aromatic N) is 2. The van der Waals surface area contributed by atoms with Crippen LogP contribution in [0.25, 0.3) is 0 Å². The monoisotopic (exact) mass is 282 g/mol. The Morgan fingerprint density at radius 3 is 2.35 bits per heavy atom. The Hall–Kier alpha value is -1.50. The number of aliphatic hydroxyl groups is 2. The molecule has 0 spiro atoms. The van der Waals surface area contributed by atoms with Crippen molar-refractivity contribution < 1.29 is 19.4 Å². The molecule has 1 aromatic carbocycles. The van der Waals surface area contributed by atoms with Crippen LogP contribution in [0.5, 0.6) is 0 Å². The second-order valence-electron chi connectivity index (χ2n) is 4.94. The Kier molecular flexibility index (Phi) is 4.69. The van der Waals surface area contributed by atoms with E-state index in [1.165, 1.54) is 12.1 Å². The lowest BCUT2D eigenvalue weighted by Crippen LogP contribution is -2.40. The van der Waals surface area contributed by atoms with Gasteiger partial charge in [-0.15, -0.1) is 0 Å². The first-order chi connectivity index (χ1) is 9.51. The van der Waals surface area contributed by atoms with Crippen LogP contribution >= 0.6 is 0 Å². The van der Waals surface area contributed by atoms with Crippen molar-refractivity contribution in [3.8, 4) is 0 Å². The van der Waals surface area contributed by atoms with Crippen molar-refractivity contribution in [2.24, 2.45) is 0 Å². The third-order valence-corrected chi connectivity index (χ3v) is 3.45. The van der Waals surface area contributed by atoms with E-state index in [1.807, 2.05) is 6.92 Å². The SMILES string of the molecule is CCN(C(=O)CN1CC(O)C(O)C1)c1ccc(F)cc1. The van der Waals surface area contributed by atoms with Gasteiger partial charge in [0, 0.05) is 25.3 Å². The summed E-state index contributed by atoms with van der Waals surface area (Å²) in [5.41, 5.74) is 0.638. The van der Waals surface area contributed by atoms with Crippen LogP contribution in [0.15, 0.2) is 24.3 Å². The van der Waals surface area contributed by atoms with Gasteiger partial charge in [0.05, 0.1) is 18.8 Å². The molecule has 0 radical (unpaired) electrons. The number of carbonyl (C=O) groups excluding carboxylic acids is 1. The van der Waals surface area contributed by atoms with Crippen LogP contribution < -0.4 is 4.90 Å². The fraction of sp³-hybridized carbons (Fsp3) is 0.500. The molecule has 0 bridgehead atoms. The lowest BCUT2D eigenvalue weighted by molar-refractivity contribution is -0.119. The molecular formula is C14H19FN2O3. The number of aliphatic hydroxyl groups excluding tert-OH is 2. The summed E-state index contributed by atoms with van der Waals surface area (Å²) in [6, 6.07) is 5.75. The summed E-state index contributed by atoms with van der Waals surface area (Å²) in [6.45, 7) is 3.01. The molecular weight excluding hydrogens is 263 g/mol. The van der Waals surface area contributed by atoms with Crippen molar-refractivity contribution in [2.45, 2.75) is 19.1 Å². The number of likely N-dealkylation sites (N-methyl/N-ethyl adjacent to an activating group) is 1. The van der Waals surface area contributed by atoms with Crippen molar-refractivity contribution >= 4 is 11.6 Å². The zero-order chi connectivity index (χ0) is 14.7. The minimum atomic E-state index is -0.802. The molecule has 1 amide bonds. The number of carbonyl (C=O) groups is 1. The molecule has 5 nitrogen and oxygen atoms in total. The van der Waals surface area contributed by atoms with Gasteiger partial charge < -0.3 is 15.1 Å². The van der Waals surface area contributed by atoms with Crippen LogP contribution in [0, 0.1) is 5.82 Å². The van der Waals surface area contributed by atoms with E-state index in [4.69, 9.17) is 0 Å². The number of rotatable bonds is 4. The minimum absolute atomic E-state index is 0.124. The molecule has 2 unspecified atom stereocenters. The summed E-state index contributed by atoms with van der Waals surface area (Å²) in [5, 5.41) is 18.9. The van der Waals surface area contributed by atoms with Crippen LogP contribution in [0.3, 0.4) is 0 Å². The number of anilines is 1. The van der Waals surface area contributed by atoms with Gasteiger partial charge in [-0.25, -0.2) is 4.39 Å². The molecule has 1 aliphatic rings. The van der Waals surface area contributed by atoms with Crippen LogP contribution in [-0.2, 0) is 4.79 Å². The van der Waals surface area contributed by atoms with Crippen molar-refractivity contribution in [2.75, 3.05) is 31.1 Å².